The second-order valence-electron chi connectivity index (χ2n) is 4.61. The van der Waals surface area contributed by atoms with Crippen LogP contribution >= 0.6 is 0 Å². The second-order valence-corrected chi connectivity index (χ2v) is 4.61. The van der Waals surface area contributed by atoms with Gasteiger partial charge in [0.25, 0.3) is 5.91 Å². The van der Waals surface area contributed by atoms with Crippen LogP contribution in [0.1, 0.15) is 42.5 Å². The fraction of sp³-hybridized carbons (Fsp3) is 0.615. The Morgan fingerprint density at radius 2 is 2.29 bits per heavy atom. The third-order valence-electron chi connectivity index (χ3n) is 3.45. The van der Waals surface area contributed by atoms with Crippen molar-refractivity contribution < 1.29 is 9.21 Å². The highest BCUT2D eigenvalue weighted by Gasteiger charge is 2.24. The zero-order chi connectivity index (χ0) is 12.3. The van der Waals surface area contributed by atoms with Gasteiger partial charge in [0.1, 0.15) is 5.76 Å². The fourth-order valence-corrected chi connectivity index (χ4v) is 2.10. The number of carbonyl (C=O) groups is 1. The van der Waals surface area contributed by atoms with Gasteiger partial charge in [0.05, 0.1) is 6.54 Å². The van der Waals surface area contributed by atoms with Gasteiger partial charge in [-0.1, -0.05) is 6.42 Å². The van der Waals surface area contributed by atoms with Crippen LogP contribution in [0.3, 0.4) is 0 Å². The van der Waals surface area contributed by atoms with E-state index in [1.54, 1.807) is 12.1 Å². The van der Waals surface area contributed by atoms with Crippen molar-refractivity contribution in [1.29, 1.82) is 0 Å². The molecule has 0 atom stereocenters. The summed E-state index contributed by atoms with van der Waals surface area (Å²) in [6, 6.07) is 3.48. The molecule has 0 unspecified atom stereocenters. The molecule has 2 N–H and O–H groups in total. The summed E-state index contributed by atoms with van der Waals surface area (Å²) in [6.45, 7) is 3.92. The molecule has 0 spiro atoms. The Labute approximate surface area is 102 Å². The Morgan fingerprint density at radius 3 is 2.76 bits per heavy atom. The number of nitrogens with zero attached hydrogens (tertiary/aromatic N) is 1. The Bertz CT molecular complexity index is 383. The van der Waals surface area contributed by atoms with E-state index >= 15 is 0 Å². The van der Waals surface area contributed by atoms with Crippen molar-refractivity contribution in [2.75, 3.05) is 13.1 Å². The van der Waals surface area contributed by atoms with Gasteiger partial charge >= 0.3 is 0 Å². The van der Waals surface area contributed by atoms with E-state index in [4.69, 9.17) is 10.2 Å². The van der Waals surface area contributed by atoms with E-state index in [1.165, 1.54) is 19.3 Å². The van der Waals surface area contributed by atoms with E-state index in [0.717, 1.165) is 13.1 Å². The third kappa shape index (κ3) is 2.69. The normalized spacial score (nSPS) is 15.6. The molecular formula is C13H20N2O2. The molecule has 1 aromatic heterocycles. The topological polar surface area (TPSA) is 59.5 Å². The lowest BCUT2D eigenvalue weighted by Crippen LogP contribution is -2.37. The molecule has 0 radical (unpaired) electrons. The summed E-state index contributed by atoms with van der Waals surface area (Å²) in [5, 5.41) is 0. The second kappa shape index (κ2) is 5.36. The Morgan fingerprint density at radius 1 is 1.53 bits per heavy atom. The van der Waals surface area contributed by atoms with Crippen LogP contribution in [0.2, 0.25) is 0 Å². The Kier molecular flexibility index (Phi) is 3.84. The van der Waals surface area contributed by atoms with E-state index in [2.05, 4.69) is 0 Å². The molecule has 94 valence electrons. The van der Waals surface area contributed by atoms with E-state index in [1.807, 2.05) is 11.8 Å². The number of hydrogen-bond acceptors (Lipinski definition) is 3. The summed E-state index contributed by atoms with van der Waals surface area (Å²) in [6.07, 6.45) is 3.79. The van der Waals surface area contributed by atoms with Crippen LogP contribution in [0.25, 0.3) is 0 Å². The van der Waals surface area contributed by atoms with Crippen molar-refractivity contribution in [2.45, 2.75) is 32.7 Å². The standard InChI is InChI=1S/C13H20N2O2/c1-2-15(9-10-4-3-5-10)13(16)12-7-6-11(8-14)17-12/h6-7,10H,2-5,8-9,14H2,1H3. The minimum atomic E-state index is -0.0147. The van der Waals surface area contributed by atoms with Gasteiger partial charge < -0.3 is 15.1 Å². The number of furan rings is 1. The first-order valence-electron chi connectivity index (χ1n) is 6.32. The van der Waals surface area contributed by atoms with Crippen LogP contribution in [0, 0.1) is 5.92 Å². The van der Waals surface area contributed by atoms with Crippen molar-refractivity contribution in [3.8, 4) is 0 Å². The van der Waals surface area contributed by atoms with Crippen molar-refractivity contribution in [1.82, 2.24) is 4.90 Å². The van der Waals surface area contributed by atoms with Crippen molar-refractivity contribution >= 4 is 5.91 Å². The summed E-state index contributed by atoms with van der Waals surface area (Å²) in [5.74, 6) is 1.74. The number of carbonyl (C=O) groups excluding carboxylic acids is 1. The molecule has 1 aromatic rings. The highest BCUT2D eigenvalue weighted by molar-refractivity contribution is 5.91. The molecule has 1 saturated carbocycles. The average Bonchev–Trinajstić information content (AvgIpc) is 2.75. The van der Waals surface area contributed by atoms with Crippen LogP contribution in [0.4, 0.5) is 0 Å². The molecule has 0 aromatic carbocycles. The molecule has 1 amide bonds. The van der Waals surface area contributed by atoms with Crippen molar-refractivity contribution in [2.24, 2.45) is 11.7 Å². The number of hydrogen-bond donors (Lipinski definition) is 1. The lowest BCUT2D eigenvalue weighted by atomic mass is 9.85. The molecule has 1 fully saturated rings. The molecule has 1 aliphatic rings. The first-order valence-corrected chi connectivity index (χ1v) is 6.32. The first-order chi connectivity index (χ1) is 8.24. The third-order valence-corrected chi connectivity index (χ3v) is 3.45. The highest BCUT2D eigenvalue weighted by atomic mass is 16.4. The SMILES string of the molecule is CCN(CC1CCC1)C(=O)c1ccc(CN)o1. The zero-order valence-corrected chi connectivity index (χ0v) is 10.3. The van der Waals surface area contributed by atoms with Gasteiger partial charge in [-0.15, -0.1) is 0 Å². The molecule has 1 aliphatic carbocycles. The van der Waals surface area contributed by atoms with Gasteiger partial charge in [0, 0.05) is 13.1 Å². The quantitative estimate of drug-likeness (QED) is 0.850. The molecule has 0 saturated heterocycles. The Hall–Kier alpha value is -1.29. The van der Waals surface area contributed by atoms with Crippen LogP contribution in [-0.4, -0.2) is 23.9 Å². The van der Waals surface area contributed by atoms with Gasteiger partial charge in [-0.25, -0.2) is 0 Å². The van der Waals surface area contributed by atoms with Gasteiger partial charge in [0.15, 0.2) is 5.76 Å². The molecule has 4 nitrogen and oxygen atoms in total. The molecule has 0 aliphatic heterocycles. The zero-order valence-electron chi connectivity index (χ0n) is 10.3. The van der Waals surface area contributed by atoms with E-state index in [9.17, 15) is 4.79 Å². The maximum atomic E-state index is 12.2. The van der Waals surface area contributed by atoms with Gasteiger partial charge in [-0.05, 0) is 37.8 Å². The molecule has 4 heteroatoms. The van der Waals surface area contributed by atoms with Crippen LogP contribution in [0.15, 0.2) is 16.5 Å². The molecule has 1 heterocycles. The van der Waals surface area contributed by atoms with Crippen molar-refractivity contribution in [3.63, 3.8) is 0 Å². The maximum Gasteiger partial charge on any atom is 0.289 e. The van der Waals surface area contributed by atoms with E-state index < -0.39 is 0 Å². The number of nitrogens with two attached hydrogens (primary N) is 1. The maximum absolute atomic E-state index is 12.2. The van der Waals surface area contributed by atoms with Crippen LogP contribution in [-0.2, 0) is 6.54 Å². The van der Waals surface area contributed by atoms with E-state index in [0.29, 0.717) is 24.0 Å². The van der Waals surface area contributed by atoms with Gasteiger partial charge in [-0.3, -0.25) is 4.79 Å². The molecule has 0 bridgehead atoms. The monoisotopic (exact) mass is 236 g/mol. The lowest BCUT2D eigenvalue weighted by molar-refractivity contribution is 0.0673. The summed E-state index contributed by atoms with van der Waals surface area (Å²) in [5.41, 5.74) is 5.46. The predicted octanol–water partition coefficient (Wildman–Crippen LogP) is 2.00. The minimum absolute atomic E-state index is 0.0147. The van der Waals surface area contributed by atoms with Crippen LogP contribution in [0.5, 0.6) is 0 Å². The highest BCUT2D eigenvalue weighted by Crippen LogP contribution is 2.27. The van der Waals surface area contributed by atoms with Gasteiger partial charge in [0.2, 0.25) is 0 Å². The number of amides is 1. The predicted molar refractivity (Wildman–Crippen MR) is 65.5 cm³/mol. The number of rotatable bonds is 5. The summed E-state index contributed by atoms with van der Waals surface area (Å²) >= 11 is 0. The minimum Gasteiger partial charge on any atom is -0.455 e. The summed E-state index contributed by atoms with van der Waals surface area (Å²) in [4.78, 5) is 14.0. The molecular weight excluding hydrogens is 216 g/mol. The van der Waals surface area contributed by atoms with Crippen LogP contribution < -0.4 is 5.73 Å². The van der Waals surface area contributed by atoms with Crippen molar-refractivity contribution in [3.05, 3.63) is 23.7 Å². The smallest absolute Gasteiger partial charge is 0.289 e. The molecule has 2 rings (SSSR count). The van der Waals surface area contributed by atoms with E-state index in [-0.39, 0.29) is 5.91 Å². The van der Waals surface area contributed by atoms with Gasteiger partial charge in [-0.2, -0.15) is 0 Å². The summed E-state index contributed by atoms with van der Waals surface area (Å²) < 4.78 is 5.39. The Balaban J connectivity index is 1.99. The average molecular weight is 236 g/mol. The summed E-state index contributed by atoms with van der Waals surface area (Å²) in [7, 11) is 0. The first kappa shape index (κ1) is 12.2. The largest absolute Gasteiger partial charge is 0.455 e. The molecule has 17 heavy (non-hydrogen) atoms. The lowest BCUT2D eigenvalue weighted by Gasteiger charge is -2.31. The fourth-order valence-electron chi connectivity index (χ4n) is 2.10.